The molecule has 2 atom stereocenters. The lowest BCUT2D eigenvalue weighted by Crippen LogP contribution is -2.29. The summed E-state index contributed by atoms with van der Waals surface area (Å²) in [7, 11) is 1.58. The minimum absolute atomic E-state index is 0.00364. The topological polar surface area (TPSA) is 89.0 Å². The van der Waals surface area contributed by atoms with E-state index in [1.54, 1.807) is 55.6 Å². The number of benzene rings is 3. The second-order valence-corrected chi connectivity index (χ2v) is 10.5. The Morgan fingerprint density at radius 1 is 1.14 bits per heavy atom. The molecular formula is C28H21ClN2O5S. The molecule has 2 aliphatic heterocycles. The Bertz CT molecular complexity index is 1610. The summed E-state index contributed by atoms with van der Waals surface area (Å²) >= 11 is 7.40. The molecule has 6 rings (SSSR count). The Balaban J connectivity index is 1.52. The van der Waals surface area contributed by atoms with Gasteiger partial charge in [0.2, 0.25) is 0 Å². The molecule has 4 aromatic rings. The number of aliphatic hydroxyl groups is 1. The van der Waals surface area contributed by atoms with Crippen molar-refractivity contribution in [1.29, 1.82) is 0 Å². The molecule has 3 aromatic carbocycles. The van der Waals surface area contributed by atoms with Crippen molar-refractivity contribution >= 4 is 55.7 Å². The van der Waals surface area contributed by atoms with Gasteiger partial charge in [-0.05, 0) is 66.6 Å². The molecule has 1 N–H and O–H groups in total. The molecule has 1 aromatic heterocycles. The molecule has 1 amide bonds. The monoisotopic (exact) mass is 532 g/mol. The number of carbonyl (C=O) groups excluding carboxylic acids is 2. The molecule has 0 bridgehead atoms. The third-order valence-corrected chi connectivity index (χ3v) is 7.86. The Morgan fingerprint density at radius 2 is 1.92 bits per heavy atom. The van der Waals surface area contributed by atoms with E-state index in [1.165, 1.54) is 16.2 Å². The average molecular weight is 533 g/mol. The van der Waals surface area contributed by atoms with Gasteiger partial charge in [0.05, 0.1) is 28.9 Å². The molecule has 2 aliphatic rings. The summed E-state index contributed by atoms with van der Waals surface area (Å²) in [6, 6.07) is 16.7. The highest BCUT2D eigenvalue weighted by molar-refractivity contribution is 7.22. The van der Waals surface area contributed by atoms with Gasteiger partial charge in [-0.3, -0.25) is 14.5 Å². The zero-order chi connectivity index (χ0) is 25.8. The molecule has 1 fully saturated rings. The predicted molar refractivity (Wildman–Crippen MR) is 143 cm³/mol. The zero-order valence-corrected chi connectivity index (χ0v) is 21.5. The van der Waals surface area contributed by atoms with Gasteiger partial charge in [-0.2, -0.15) is 0 Å². The second kappa shape index (κ2) is 8.90. The first-order valence-electron chi connectivity index (χ1n) is 11.6. The quantitative estimate of drug-likeness (QED) is 0.200. The third kappa shape index (κ3) is 3.93. The van der Waals surface area contributed by atoms with E-state index in [0.29, 0.717) is 39.0 Å². The summed E-state index contributed by atoms with van der Waals surface area (Å²) in [6.45, 7) is 1.97. The van der Waals surface area contributed by atoms with Crippen molar-refractivity contribution in [3.05, 3.63) is 87.9 Å². The van der Waals surface area contributed by atoms with Gasteiger partial charge < -0.3 is 14.6 Å². The number of carbonyl (C=O) groups is 2. The van der Waals surface area contributed by atoms with Crippen molar-refractivity contribution in [1.82, 2.24) is 4.98 Å². The number of ketones is 1. The minimum atomic E-state index is -0.886. The fourth-order valence-electron chi connectivity index (χ4n) is 4.84. The second-order valence-electron chi connectivity index (χ2n) is 9.01. The van der Waals surface area contributed by atoms with E-state index in [2.05, 4.69) is 4.98 Å². The number of aliphatic hydroxyl groups excluding tert-OH is 1. The van der Waals surface area contributed by atoms with Gasteiger partial charge in [-0.15, -0.1) is 0 Å². The number of hydrogen-bond donors (Lipinski definition) is 1. The fourth-order valence-corrected chi connectivity index (χ4v) is 5.98. The standard InChI is InChI=1S/C28H21ClN2O5S/c1-14-11-17-12-16(5-10-21(17)36-14)25(32)23-24(15-3-6-18(29)7-4-15)31(27(34)26(23)33)28-30-20-9-8-19(35-2)13-22(20)37-28/h3-10,12-14,24,32H,11H2,1-2H3/b25-23+. The van der Waals surface area contributed by atoms with Crippen LogP contribution in [0, 0.1) is 0 Å². The van der Waals surface area contributed by atoms with Crippen LogP contribution in [0.4, 0.5) is 5.13 Å². The fraction of sp³-hybridized carbons (Fsp3) is 0.179. The molecule has 3 heterocycles. The number of anilines is 1. The number of methoxy groups -OCH3 is 1. The molecule has 0 radical (unpaired) electrons. The van der Waals surface area contributed by atoms with E-state index < -0.39 is 17.7 Å². The first-order valence-corrected chi connectivity index (χ1v) is 12.8. The SMILES string of the molecule is COc1ccc2nc(N3C(=O)C(=O)/C(=C(/O)c4ccc5c(c4)CC(C)O5)C3c3ccc(Cl)cc3)sc2c1. The Hall–Kier alpha value is -3.88. The Labute approximate surface area is 221 Å². The van der Waals surface area contributed by atoms with Crippen LogP contribution in [0.1, 0.15) is 29.7 Å². The molecule has 9 heteroatoms. The van der Waals surface area contributed by atoms with Crippen LogP contribution < -0.4 is 14.4 Å². The third-order valence-electron chi connectivity index (χ3n) is 6.59. The van der Waals surface area contributed by atoms with Gasteiger partial charge >= 0.3 is 5.91 Å². The number of hydrogen-bond acceptors (Lipinski definition) is 7. The van der Waals surface area contributed by atoms with Gasteiger partial charge in [0.25, 0.3) is 5.78 Å². The lowest BCUT2D eigenvalue weighted by Gasteiger charge is -2.23. The number of nitrogens with zero attached hydrogens (tertiary/aromatic N) is 2. The lowest BCUT2D eigenvalue weighted by atomic mass is 9.94. The van der Waals surface area contributed by atoms with Crippen molar-refractivity contribution < 1.29 is 24.2 Å². The number of fused-ring (bicyclic) bond motifs is 2. The summed E-state index contributed by atoms with van der Waals surface area (Å²) in [5, 5.41) is 12.3. The van der Waals surface area contributed by atoms with Crippen molar-refractivity contribution in [3.8, 4) is 11.5 Å². The molecule has 7 nitrogen and oxygen atoms in total. The minimum Gasteiger partial charge on any atom is -0.507 e. The summed E-state index contributed by atoms with van der Waals surface area (Å²) in [4.78, 5) is 32.9. The molecule has 37 heavy (non-hydrogen) atoms. The first kappa shape index (κ1) is 23.5. The van der Waals surface area contributed by atoms with E-state index >= 15 is 0 Å². The van der Waals surface area contributed by atoms with Gasteiger partial charge in [0.15, 0.2) is 5.13 Å². The van der Waals surface area contributed by atoms with Gasteiger partial charge in [0, 0.05) is 17.0 Å². The molecule has 186 valence electrons. The maximum atomic E-state index is 13.5. The van der Waals surface area contributed by atoms with Crippen LogP contribution >= 0.6 is 22.9 Å². The average Bonchev–Trinajstić information content (AvgIpc) is 3.55. The molecule has 1 saturated heterocycles. The highest BCUT2D eigenvalue weighted by Gasteiger charge is 2.48. The van der Waals surface area contributed by atoms with Crippen LogP contribution in [0.2, 0.25) is 5.02 Å². The normalized spacial score (nSPS) is 20.4. The number of rotatable bonds is 4. The zero-order valence-electron chi connectivity index (χ0n) is 19.9. The van der Waals surface area contributed by atoms with E-state index in [1.807, 2.05) is 19.1 Å². The number of ether oxygens (including phenoxy) is 2. The van der Waals surface area contributed by atoms with E-state index in [4.69, 9.17) is 21.1 Å². The number of Topliss-reactive ketones (excluding diaryl/α,β-unsaturated/α-hetero) is 1. The van der Waals surface area contributed by atoms with Crippen molar-refractivity contribution in [2.45, 2.75) is 25.5 Å². The molecule has 0 spiro atoms. The molecule has 0 aliphatic carbocycles. The van der Waals surface area contributed by atoms with Crippen LogP contribution in [-0.2, 0) is 16.0 Å². The number of halogens is 1. The van der Waals surface area contributed by atoms with Crippen LogP contribution in [0.3, 0.4) is 0 Å². The summed E-state index contributed by atoms with van der Waals surface area (Å²) < 4.78 is 11.9. The lowest BCUT2D eigenvalue weighted by molar-refractivity contribution is -0.132. The number of amides is 1. The smallest absolute Gasteiger partial charge is 0.301 e. The van der Waals surface area contributed by atoms with E-state index in [-0.39, 0.29) is 17.4 Å². The Morgan fingerprint density at radius 3 is 2.68 bits per heavy atom. The molecular weight excluding hydrogens is 512 g/mol. The largest absolute Gasteiger partial charge is 0.507 e. The maximum absolute atomic E-state index is 13.5. The molecule has 0 saturated carbocycles. The Kier molecular flexibility index (Phi) is 5.66. The van der Waals surface area contributed by atoms with Crippen molar-refractivity contribution in [2.24, 2.45) is 0 Å². The number of thiazole rings is 1. The van der Waals surface area contributed by atoms with Gasteiger partial charge in [0.1, 0.15) is 23.4 Å². The summed E-state index contributed by atoms with van der Waals surface area (Å²) in [6.07, 6.45) is 0.727. The maximum Gasteiger partial charge on any atom is 0.301 e. The van der Waals surface area contributed by atoms with Crippen molar-refractivity contribution in [2.75, 3.05) is 12.0 Å². The van der Waals surface area contributed by atoms with E-state index in [9.17, 15) is 14.7 Å². The summed E-state index contributed by atoms with van der Waals surface area (Å²) in [5.74, 6) is -0.367. The van der Waals surface area contributed by atoms with Gasteiger partial charge in [-0.25, -0.2) is 4.98 Å². The van der Waals surface area contributed by atoms with Gasteiger partial charge in [-0.1, -0.05) is 35.1 Å². The highest BCUT2D eigenvalue weighted by atomic mass is 35.5. The highest BCUT2D eigenvalue weighted by Crippen LogP contribution is 2.45. The van der Waals surface area contributed by atoms with Crippen molar-refractivity contribution in [3.63, 3.8) is 0 Å². The van der Waals surface area contributed by atoms with Crippen LogP contribution in [0.25, 0.3) is 16.0 Å². The van der Waals surface area contributed by atoms with Crippen LogP contribution in [0.5, 0.6) is 11.5 Å². The summed E-state index contributed by atoms with van der Waals surface area (Å²) in [5.41, 5.74) is 2.68. The van der Waals surface area contributed by atoms with Crippen LogP contribution in [0.15, 0.2) is 66.2 Å². The first-order chi connectivity index (χ1) is 17.8. The molecule has 2 unspecified atom stereocenters. The van der Waals surface area contributed by atoms with Crippen LogP contribution in [-0.4, -0.2) is 35.0 Å². The number of aromatic nitrogens is 1. The predicted octanol–water partition coefficient (Wildman–Crippen LogP) is 5.91. The van der Waals surface area contributed by atoms with E-state index in [0.717, 1.165) is 16.0 Å².